The zero-order valence-corrected chi connectivity index (χ0v) is 14.3. The van der Waals surface area contributed by atoms with E-state index in [1.165, 1.54) is 37.8 Å². The van der Waals surface area contributed by atoms with Crippen molar-refractivity contribution in [2.45, 2.75) is 25.7 Å². The van der Waals surface area contributed by atoms with Crippen molar-refractivity contribution in [3.05, 3.63) is 25.3 Å². The van der Waals surface area contributed by atoms with Gasteiger partial charge in [-0.15, -0.1) is 0 Å². The Morgan fingerprint density at radius 2 is 1.29 bits per heavy atom. The lowest BCUT2D eigenvalue weighted by molar-refractivity contribution is -0.122. The summed E-state index contributed by atoms with van der Waals surface area (Å²) >= 11 is 0. The second kappa shape index (κ2) is 7.75. The van der Waals surface area contributed by atoms with E-state index in [0.29, 0.717) is 36.9 Å². The van der Waals surface area contributed by atoms with Crippen LogP contribution in [0.2, 0.25) is 0 Å². The Labute approximate surface area is 144 Å². The Hall–Kier alpha value is -1.26. The molecule has 3 aliphatic carbocycles. The molecule has 0 saturated heterocycles. The third kappa shape index (κ3) is 3.40. The van der Waals surface area contributed by atoms with Crippen molar-refractivity contribution in [1.29, 1.82) is 0 Å². The number of hydrogen-bond acceptors (Lipinski definition) is 4. The Kier molecular flexibility index (Phi) is 5.67. The maximum Gasteiger partial charge on any atom is 0.180 e. The number of carbonyl (C=O) groups is 2. The van der Waals surface area contributed by atoms with Crippen LogP contribution in [0.15, 0.2) is 25.3 Å². The normalized spacial score (nSPS) is 36.5. The fourth-order valence-electron chi connectivity index (χ4n) is 5.57. The maximum atomic E-state index is 11.4. The number of ether oxygens (including phenoxy) is 2. The van der Waals surface area contributed by atoms with Crippen molar-refractivity contribution in [2.75, 3.05) is 26.4 Å². The predicted octanol–water partition coefficient (Wildman–Crippen LogP) is 2.83. The van der Waals surface area contributed by atoms with E-state index < -0.39 is 0 Å². The monoisotopic (exact) mass is 332 g/mol. The second-order valence-electron chi connectivity index (χ2n) is 7.52. The quantitative estimate of drug-likeness (QED) is 0.577. The van der Waals surface area contributed by atoms with Crippen molar-refractivity contribution in [1.82, 2.24) is 0 Å². The van der Waals surface area contributed by atoms with E-state index in [-0.39, 0.29) is 24.8 Å². The Balaban J connectivity index is 1.59. The minimum Gasteiger partial charge on any atom is -0.373 e. The van der Waals surface area contributed by atoms with Gasteiger partial charge >= 0.3 is 0 Å². The Morgan fingerprint density at radius 3 is 1.71 bits per heavy atom. The highest BCUT2D eigenvalue weighted by Crippen LogP contribution is 2.63. The molecule has 6 unspecified atom stereocenters. The zero-order valence-electron chi connectivity index (χ0n) is 14.3. The third-order valence-electron chi connectivity index (χ3n) is 6.48. The number of carbonyl (C=O) groups excluding carboxylic acids is 2. The van der Waals surface area contributed by atoms with Gasteiger partial charge in [0.05, 0.1) is 13.2 Å². The molecule has 2 bridgehead atoms. The molecule has 3 saturated carbocycles. The maximum absolute atomic E-state index is 11.4. The lowest BCUT2D eigenvalue weighted by Crippen LogP contribution is -2.38. The summed E-state index contributed by atoms with van der Waals surface area (Å²) in [5.74, 6) is 3.84. The molecule has 0 aromatic heterocycles. The van der Waals surface area contributed by atoms with E-state index in [2.05, 4.69) is 13.2 Å². The fourth-order valence-corrected chi connectivity index (χ4v) is 5.57. The summed E-state index contributed by atoms with van der Waals surface area (Å²) in [7, 11) is 0. The molecule has 6 atom stereocenters. The number of ketones is 2. The van der Waals surface area contributed by atoms with Gasteiger partial charge in [0.25, 0.3) is 0 Å². The SMILES string of the molecule is C=CC(=O)COCC1C(COCC(=O)C=C)C2CC1C1CCCC12. The molecule has 24 heavy (non-hydrogen) atoms. The van der Waals surface area contributed by atoms with E-state index in [0.717, 1.165) is 11.8 Å². The molecule has 4 heteroatoms. The van der Waals surface area contributed by atoms with Crippen LogP contribution >= 0.6 is 0 Å². The van der Waals surface area contributed by atoms with Crippen LogP contribution in [-0.4, -0.2) is 38.0 Å². The molecule has 0 aliphatic heterocycles. The molecule has 0 heterocycles. The summed E-state index contributed by atoms with van der Waals surface area (Å²) in [5.41, 5.74) is 0. The van der Waals surface area contributed by atoms with Crippen molar-refractivity contribution < 1.29 is 19.1 Å². The molecule has 3 aliphatic rings. The van der Waals surface area contributed by atoms with Crippen LogP contribution in [0.1, 0.15) is 25.7 Å². The highest BCUT2D eigenvalue weighted by molar-refractivity contribution is 5.90. The van der Waals surface area contributed by atoms with Crippen molar-refractivity contribution >= 4 is 11.6 Å². The Bertz CT molecular complexity index is 468. The molecule has 0 aromatic rings. The molecule has 0 amide bonds. The summed E-state index contributed by atoms with van der Waals surface area (Å²) in [5, 5.41) is 0. The standard InChI is InChI=1S/C20H28O4/c1-3-13(21)9-23-11-19-17-8-18(16-7-5-6-15(16)17)20(19)12-24-10-14(22)4-2/h3-4,15-20H,1-2,5-12H2. The fraction of sp³-hybridized carbons (Fsp3) is 0.700. The molecule has 3 rings (SSSR count). The molecule has 0 aromatic carbocycles. The van der Waals surface area contributed by atoms with Gasteiger partial charge in [0.2, 0.25) is 0 Å². The van der Waals surface area contributed by atoms with Gasteiger partial charge < -0.3 is 9.47 Å². The van der Waals surface area contributed by atoms with Crippen LogP contribution in [0, 0.1) is 35.5 Å². The van der Waals surface area contributed by atoms with Gasteiger partial charge in [-0.3, -0.25) is 9.59 Å². The first kappa shape index (κ1) is 17.6. The zero-order chi connectivity index (χ0) is 17.1. The average Bonchev–Trinajstić information content (AvgIpc) is 3.26. The molecular formula is C20H28O4. The summed E-state index contributed by atoms with van der Waals surface area (Å²) in [4.78, 5) is 22.7. The summed E-state index contributed by atoms with van der Waals surface area (Å²) < 4.78 is 11.4. The molecular weight excluding hydrogens is 304 g/mol. The average molecular weight is 332 g/mol. The smallest absolute Gasteiger partial charge is 0.180 e. The minimum atomic E-state index is -0.0683. The van der Waals surface area contributed by atoms with Crippen molar-refractivity contribution in [3.63, 3.8) is 0 Å². The highest BCUT2D eigenvalue weighted by atomic mass is 16.5. The largest absolute Gasteiger partial charge is 0.373 e. The number of rotatable bonds is 10. The highest BCUT2D eigenvalue weighted by Gasteiger charge is 2.58. The van der Waals surface area contributed by atoms with Gasteiger partial charge in [0.15, 0.2) is 11.6 Å². The first-order chi connectivity index (χ1) is 11.7. The van der Waals surface area contributed by atoms with E-state index in [1.54, 1.807) is 0 Å². The van der Waals surface area contributed by atoms with Gasteiger partial charge in [0, 0.05) is 0 Å². The van der Waals surface area contributed by atoms with E-state index in [9.17, 15) is 9.59 Å². The molecule has 0 spiro atoms. The van der Waals surface area contributed by atoms with Gasteiger partial charge in [-0.2, -0.15) is 0 Å². The summed E-state index contributed by atoms with van der Waals surface area (Å²) in [6.45, 7) is 8.44. The molecule has 4 nitrogen and oxygen atoms in total. The second-order valence-corrected chi connectivity index (χ2v) is 7.52. The van der Waals surface area contributed by atoms with Gasteiger partial charge in [-0.05, 0) is 66.9 Å². The van der Waals surface area contributed by atoms with Gasteiger partial charge in [0.1, 0.15) is 13.2 Å². The summed E-state index contributed by atoms with van der Waals surface area (Å²) in [6, 6.07) is 0. The molecule has 0 N–H and O–H groups in total. The van der Waals surface area contributed by atoms with E-state index >= 15 is 0 Å². The van der Waals surface area contributed by atoms with Gasteiger partial charge in [-0.25, -0.2) is 0 Å². The predicted molar refractivity (Wildman–Crippen MR) is 91.5 cm³/mol. The molecule has 132 valence electrons. The lowest BCUT2D eigenvalue weighted by atomic mass is 9.70. The van der Waals surface area contributed by atoms with Crippen LogP contribution in [0.25, 0.3) is 0 Å². The third-order valence-corrected chi connectivity index (χ3v) is 6.48. The number of hydrogen-bond donors (Lipinski definition) is 0. The number of fused-ring (bicyclic) bond motifs is 5. The first-order valence-electron chi connectivity index (χ1n) is 9.11. The van der Waals surface area contributed by atoms with E-state index in [1.807, 2.05) is 0 Å². The minimum absolute atomic E-state index is 0.0683. The topological polar surface area (TPSA) is 52.6 Å². The summed E-state index contributed by atoms with van der Waals surface area (Å²) in [6.07, 6.45) is 7.92. The lowest BCUT2D eigenvalue weighted by Gasteiger charge is -2.38. The van der Waals surface area contributed by atoms with Crippen molar-refractivity contribution in [2.24, 2.45) is 35.5 Å². The van der Waals surface area contributed by atoms with E-state index in [4.69, 9.17) is 9.47 Å². The van der Waals surface area contributed by atoms with Crippen LogP contribution in [-0.2, 0) is 19.1 Å². The molecule has 0 radical (unpaired) electrons. The van der Waals surface area contributed by atoms with Crippen LogP contribution in [0.3, 0.4) is 0 Å². The van der Waals surface area contributed by atoms with Crippen molar-refractivity contribution in [3.8, 4) is 0 Å². The van der Waals surface area contributed by atoms with Crippen LogP contribution < -0.4 is 0 Å². The molecule has 3 fully saturated rings. The van der Waals surface area contributed by atoms with Gasteiger partial charge in [-0.1, -0.05) is 19.6 Å². The van der Waals surface area contributed by atoms with Crippen LogP contribution in [0.4, 0.5) is 0 Å². The first-order valence-corrected chi connectivity index (χ1v) is 9.11. The van der Waals surface area contributed by atoms with Crippen LogP contribution in [0.5, 0.6) is 0 Å². The Morgan fingerprint density at radius 1 is 0.833 bits per heavy atom.